The zero-order chi connectivity index (χ0) is 22.0. The molecule has 10 heteroatoms. The smallest absolute Gasteiger partial charge is 0.294 e. The SMILES string of the molecule is N#Cc1cc([N+](=O)[O-])c(Nc2cc(C3CC3)[nH]n2)cc1N[C@@H](CO)c1ccc(F)cc1. The minimum Gasteiger partial charge on any atom is -0.394 e. The second kappa shape index (κ2) is 8.41. The van der Waals surface area contributed by atoms with Gasteiger partial charge in [-0.05, 0) is 36.6 Å². The van der Waals surface area contributed by atoms with Gasteiger partial charge in [0.2, 0.25) is 0 Å². The van der Waals surface area contributed by atoms with Crippen molar-refractivity contribution in [1.82, 2.24) is 10.2 Å². The normalized spacial score (nSPS) is 14.0. The second-order valence-corrected chi connectivity index (χ2v) is 7.32. The van der Waals surface area contributed by atoms with Gasteiger partial charge in [0.15, 0.2) is 5.82 Å². The van der Waals surface area contributed by atoms with Gasteiger partial charge >= 0.3 is 0 Å². The zero-order valence-electron chi connectivity index (χ0n) is 16.3. The Balaban J connectivity index is 1.67. The molecular formula is C21H19FN6O3. The van der Waals surface area contributed by atoms with E-state index in [1.807, 2.05) is 12.1 Å². The number of nitrogens with zero attached hydrogens (tertiary/aromatic N) is 3. The van der Waals surface area contributed by atoms with Gasteiger partial charge in [0.05, 0.1) is 28.8 Å². The molecule has 0 aliphatic heterocycles. The largest absolute Gasteiger partial charge is 0.394 e. The Morgan fingerprint density at radius 1 is 1.29 bits per heavy atom. The lowest BCUT2D eigenvalue weighted by atomic mass is 10.1. The maximum absolute atomic E-state index is 13.2. The minimum absolute atomic E-state index is 0.0403. The van der Waals surface area contributed by atoms with Crippen molar-refractivity contribution in [3.05, 3.63) is 75.2 Å². The number of aromatic amines is 1. The predicted molar refractivity (Wildman–Crippen MR) is 112 cm³/mol. The molecule has 0 spiro atoms. The molecule has 1 fully saturated rings. The molecule has 1 aliphatic rings. The van der Waals surface area contributed by atoms with Crippen LogP contribution < -0.4 is 10.6 Å². The number of aliphatic hydroxyl groups is 1. The van der Waals surface area contributed by atoms with Crippen molar-refractivity contribution >= 4 is 22.9 Å². The van der Waals surface area contributed by atoms with Crippen molar-refractivity contribution in [2.45, 2.75) is 24.8 Å². The van der Waals surface area contributed by atoms with Crippen LogP contribution in [-0.4, -0.2) is 26.8 Å². The minimum atomic E-state index is -0.645. The van der Waals surface area contributed by atoms with Gasteiger partial charge in [-0.2, -0.15) is 10.4 Å². The van der Waals surface area contributed by atoms with Crippen molar-refractivity contribution in [2.24, 2.45) is 0 Å². The molecular weight excluding hydrogens is 403 g/mol. The van der Waals surface area contributed by atoms with E-state index in [-0.39, 0.29) is 29.2 Å². The summed E-state index contributed by atoms with van der Waals surface area (Å²) in [5.41, 5.74) is 1.77. The molecule has 4 N–H and O–H groups in total. The first-order chi connectivity index (χ1) is 15.0. The van der Waals surface area contributed by atoms with Crippen LogP contribution >= 0.6 is 0 Å². The number of nitrogens with one attached hydrogen (secondary N) is 3. The summed E-state index contributed by atoms with van der Waals surface area (Å²) in [4.78, 5) is 11.0. The van der Waals surface area contributed by atoms with E-state index in [1.54, 1.807) is 0 Å². The summed E-state index contributed by atoms with van der Waals surface area (Å²) in [5.74, 6) is 0.458. The van der Waals surface area contributed by atoms with E-state index >= 15 is 0 Å². The van der Waals surface area contributed by atoms with Crippen molar-refractivity contribution in [3.8, 4) is 6.07 Å². The fourth-order valence-electron chi connectivity index (χ4n) is 3.31. The van der Waals surface area contributed by atoms with Crippen LogP contribution in [0.5, 0.6) is 0 Å². The van der Waals surface area contributed by atoms with E-state index in [9.17, 15) is 24.9 Å². The third-order valence-electron chi connectivity index (χ3n) is 5.12. The lowest BCUT2D eigenvalue weighted by molar-refractivity contribution is -0.383. The number of H-pyrrole nitrogens is 1. The van der Waals surface area contributed by atoms with E-state index in [4.69, 9.17) is 0 Å². The first-order valence-corrected chi connectivity index (χ1v) is 9.66. The molecule has 158 valence electrons. The number of anilines is 3. The van der Waals surface area contributed by atoms with Crippen molar-refractivity contribution < 1.29 is 14.4 Å². The highest BCUT2D eigenvalue weighted by Gasteiger charge is 2.26. The van der Waals surface area contributed by atoms with Crippen LogP contribution in [0.3, 0.4) is 0 Å². The number of aromatic nitrogens is 2. The van der Waals surface area contributed by atoms with Gasteiger partial charge in [-0.1, -0.05) is 12.1 Å². The zero-order valence-corrected chi connectivity index (χ0v) is 16.3. The highest BCUT2D eigenvalue weighted by atomic mass is 19.1. The van der Waals surface area contributed by atoms with Crippen LogP contribution in [0.15, 0.2) is 42.5 Å². The van der Waals surface area contributed by atoms with Crippen molar-refractivity contribution in [2.75, 3.05) is 17.2 Å². The van der Waals surface area contributed by atoms with Gasteiger partial charge in [0, 0.05) is 23.7 Å². The molecule has 1 saturated carbocycles. The number of nitro benzene ring substituents is 1. The van der Waals surface area contributed by atoms with Gasteiger partial charge in [-0.15, -0.1) is 0 Å². The van der Waals surface area contributed by atoms with Gasteiger partial charge in [-0.3, -0.25) is 15.2 Å². The van der Waals surface area contributed by atoms with E-state index in [2.05, 4.69) is 20.8 Å². The summed E-state index contributed by atoms with van der Waals surface area (Å²) in [5, 5.41) is 43.9. The monoisotopic (exact) mass is 422 g/mol. The Bertz CT molecular complexity index is 1150. The number of nitriles is 1. The molecule has 9 nitrogen and oxygen atoms in total. The quantitative estimate of drug-likeness (QED) is 0.316. The summed E-state index contributed by atoms with van der Waals surface area (Å²) < 4.78 is 13.2. The fraction of sp³-hybridized carbons (Fsp3) is 0.238. The van der Waals surface area contributed by atoms with E-state index in [0.717, 1.165) is 24.6 Å². The van der Waals surface area contributed by atoms with E-state index in [1.165, 1.54) is 30.3 Å². The molecule has 1 aliphatic carbocycles. The molecule has 0 bridgehead atoms. The Morgan fingerprint density at radius 2 is 2.03 bits per heavy atom. The molecule has 0 unspecified atom stereocenters. The maximum Gasteiger partial charge on any atom is 0.294 e. The first kappa shape index (κ1) is 20.3. The second-order valence-electron chi connectivity index (χ2n) is 7.32. The Hall–Kier alpha value is -3.97. The number of aliphatic hydroxyl groups excluding tert-OH is 1. The van der Waals surface area contributed by atoms with Gasteiger partial charge < -0.3 is 15.7 Å². The Morgan fingerprint density at radius 3 is 2.65 bits per heavy atom. The van der Waals surface area contributed by atoms with Crippen LogP contribution in [0, 0.1) is 27.3 Å². The van der Waals surface area contributed by atoms with Crippen molar-refractivity contribution in [1.29, 1.82) is 5.26 Å². The first-order valence-electron chi connectivity index (χ1n) is 9.66. The summed E-state index contributed by atoms with van der Waals surface area (Å²) in [6, 6.07) is 11.3. The summed E-state index contributed by atoms with van der Waals surface area (Å²) in [7, 11) is 0. The molecule has 0 radical (unpaired) electrons. The lowest BCUT2D eigenvalue weighted by Crippen LogP contribution is -2.16. The number of hydrogen-bond donors (Lipinski definition) is 4. The summed E-state index contributed by atoms with van der Waals surface area (Å²) in [6.07, 6.45) is 2.16. The maximum atomic E-state index is 13.2. The number of nitro groups is 1. The summed E-state index contributed by atoms with van der Waals surface area (Å²) in [6.45, 7) is -0.333. The highest BCUT2D eigenvalue weighted by molar-refractivity contribution is 5.77. The molecule has 3 aromatic rings. The third-order valence-corrected chi connectivity index (χ3v) is 5.12. The standard InChI is InChI=1S/C21H19FN6O3/c22-15-5-3-13(4-6-15)19(11-29)24-16-8-18(20(28(30)31)7-14(16)10-23)25-21-9-17(26-27-21)12-1-2-12/h3-9,12,19,24,29H,1-2,11H2,(H2,25,26,27)/t19-/m0/s1. The highest BCUT2D eigenvalue weighted by Crippen LogP contribution is 2.40. The molecule has 1 aromatic heterocycles. The molecule has 31 heavy (non-hydrogen) atoms. The number of halogens is 1. The molecule has 4 rings (SSSR count). The average molecular weight is 422 g/mol. The summed E-state index contributed by atoms with van der Waals surface area (Å²) >= 11 is 0. The predicted octanol–water partition coefficient (Wildman–Crippen LogP) is 4.10. The van der Waals surface area contributed by atoms with E-state index < -0.39 is 16.8 Å². The van der Waals surface area contributed by atoms with Gasteiger partial charge in [0.25, 0.3) is 5.69 Å². The number of benzene rings is 2. The Labute approximate surface area is 176 Å². The Kier molecular flexibility index (Phi) is 5.51. The fourth-order valence-corrected chi connectivity index (χ4v) is 3.31. The van der Waals surface area contributed by atoms with Gasteiger partial charge in [-0.25, -0.2) is 4.39 Å². The van der Waals surface area contributed by atoms with Crippen molar-refractivity contribution in [3.63, 3.8) is 0 Å². The molecule has 0 amide bonds. The van der Waals surface area contributed by atoms with Crippen LogP contribution in [0.4, 0.5) is 27.3 Å². The van der Waals surface area contributed by atoms with E-state index in [0.29, 0.717) is 17.3 Å². The lowest BCUT2D eigenvalue weighted by Gasteiger charge is -2.19. The van der Waals surface area contributed by atoms with Crippen LogP contribution in [0.25, 0.3) is 0 Å². The number of rotatable bonds is 8. The molecule has 2 aromatic carbocycles. The topological polar surface area (TPSA) is 140 Å². The number of hydrogen-bond acceptors (Lipinski definition) is 7. The molecule has 1 atom stereocenters. The van der Waals surface area contributed by atoms with Gasteiger partial charge in [0.1, 0.15) is 17.6 Å². The van der Waals surface area contributed by atoms with Crippen LogP contribution in [0.1, 0.15) is 41.6 Å². The van der Waals surface area contributed by atoms with Crippen LogP contribution in [-0.2, 0) is 0 Å². The average Bonchev–Trinajstić information content (AvgIpc) is 3.51. The van der Waals surface area contributed by atoms with Crippen LogP contribution in [0.2, 0.25) is 0 Å². The molecule has 0 saturated heterocycles. The third kappa shape index (κ3) is 4.46. The molecule has 1 heterocycles.